The number of nitriles is 1. The molecule has 0 aliphatic rings. The molecule has 0 saturated carbocycles. The van der Waals surface area contributed by atoms with Crippen LogP contribution in [0.5, 0.6) is 11.5 Å². The van der Waals surface area contributed by atoms with Gasteiger partial charge in [0.1, 0.15) is 34.2 Å². The molecule has 9 nitrogen and oxygen atoms in total. The van der Waals surface area contributed by atoms with Crippen LogP contribution in [0, 0.1) is 17.1 Å². The normalized spacial score (nSPS) is 13.1. The quantitative estimate of drug-likeness (QED) is 0.222. The molecule has 1 atom stereocenters. The Bertz CT molecular complexity index is 1640. The maximum absolute atomic E-state index is 13.7. The van der Waals surface area contributed by atoms with Gasteiger partial charge in [-0.3, -0.25) is 4.57 Å². The highest BCUT2D eigenvalue weighted by atomic mass is 35.5. The van der Waals surface area contributed by atoms with E-state index in [0.717, 1.165) is 29.5 Å². The second-order valence-corrected chi connectivity index (χ2v) is 12.8. The van der Waals surface area contributed by atoms with Crippen LogP contribution in [-0.2, 0) is 21.1 Å². The van der Waals surface area contributed by atoms with Gasteiger partial charge in [0.25, 0.3) is 10.0 Å². The Labute approximate surface area is 220 Å². The average Bonchev–Trinajstić information content (AvgIpc) is 3.30. The summed E-state index contributed by atoms with van der Waals surface area (Å²) < 4.78 is 66.3. The van der Waals surface area contributed by atoms with Gasteiger partial charge in [0.15, 0.2) is 26.5 Å². The van der Waals surface area contributed by atoms with Crippen molar-refractivity contribution < 1.29 is 36.1 Å². The summed E-state index contributed by atoms with van der Waals surface area (Å²) in [7, 11) is -9.05. The molecule has 0 aliphatic carbocycles. The van der Waals surface area contributed by atoms with E-state index in [9.17, 15) is 22.3 Å². The number of ether oxygens (including phenoxy) is 1. The minimum absolute atomic E-state index is 0.161. The molecule has 0 aliphatic heterocycles. The first-order valence-electron chi connectivity index (χ1n) is 10.6. The Balaban J connectivity index is 1.43. The molecular formula is C23H18ClFN3O6PS2. The van der Waals surface area contributed by atoms with Crippen LogP contribution in [-0.4, -0.2) is 21.3 Å². The van der Waals surface area contributed by atoms with Crippen LogP contribution < -0.4 is 23.4 Å². The van der Waals surface area contributed by atoms with Crippen LogP contribution in [0.1, 0.15) is 5.56 Å². The van der Waals surface area contributed by atoms with Crippen molar-refractivity contribution >= 4 is 50.6 Å². The van der Waals surface area contributed by atoms with Crippen molar-refractivity contribution in [1.29, 1.82) is 5.26 Å². The summed E-state index contributed by atoms with van der Waals surface area (Å²) in [5, 5.41) is 9.54. The monoisotopic (exact) mass is 581 g/mol. The third-order valence-electron chi connectivity index (χ3n) is 4.94. The molecule has 2 aromatic carbocycles. The van der Waals surface area contributed by atoms with E-state index in [1.807, 2.05) is 39.9 Å². The molecule has 14 heteroatoms. The molecule has 0 bridgehead atoms. The zero-order valence-electron chi connectivity index (χ0n) is 18.8. The lowest BCUT2D eigenvalue weighted by atomic mass is 10.2. The number of nitrogens with zero attached hydrogens (tertiary/aromatic N) is 2. The lowest BCUT2D eigenvalue weighted by Gasteiger charge is -2.24. The van der Waals surface area contributed by atoms with Gasteiger partial charge in [0.05, 0.1) is 21.6 Å². The summed E-state index contributed by atoms with van der Waals surface area (Å²) in [4.78, 5) is 12.3. The highest BCUT2D eigenvalue weighted by Gasteiger charge is 2.22. The van der Waals surface area contributed by atoms with Gasteiger partial charge in [-0.15, -0.1) is 11.3 Å². The van der Waals surface area contributed by atoms with Crippen LogP contribution in [0.3, 0.4) is 0 Å². The molecule has 0 fully saturated rings. The predicted molar refractivity (Wildman–Crippen MR) is 134 cm³/mol. The van der Waals surface area contributed by atoms with Crippen LogP contribution >= 0.6 is 30.5 Å². The minimum atomic E-state index is -4.80. The van der Waals surface area contributed by atoms with Crippen LogP contribution in [0.15, 0.2) is 71.2 Å². The zero-order chi connectivity index (χ0) is 26.6. The van der Waals surface area contributed by atoms with Crippen molar-refractivity contribution in [3.05, 3.63) is 83.4 Å². The number of benzene rings is 2. The van der Waals surface area contributed by atoms with Crippen molar-refractivity contribution in [1.82, 2.24) is 4.72 Å². The van der Waals surface area contributed by atoms with Crippen molar-refractivity contribution in [3.8, 4) is 17.6 Å². The Morgan fingerprint density at radius 3 is 2.62 bits per heavy atom. The van der Waals surface area contributed by atoms with E-state index in [4.69, 9.17) is 26.1 Å². The Hall–Kier alpha value is -3.04. The van der Waals surface area contributed by atoms with Crippen molar-refractivity contribution in [2.75, 3.05) is 12.9 Å². The van der Waals surface area contributed by atoms with Gasteiger partial charge in [-0.05, 0) is 29.7 Å². The number of thiophene rings is 1. The fourth-order valence-electron chi connectivity index (χ4n) is 3.20. The van der Waals surface area contributed by atoms with E-state index >= 15 is 0 Å². The van der Waals surface area contributed by atoms with Gasteiger partial charge in [0, 0.05) is 24.3 Å². The van der Waals surface area contributed by atoms with Crippen molar-refractivity contribution in [3.63, 3.8) is 0 Å². The highest BCUT2D eigenvalue weighted by molar-refractivity contribution is 7.92. The number of halogens is 2. The smallest absolute Gasteiger partial charge is 0.250 e. The number of fused-ring (bicyclic) bond motifs is 1. The fourth-order valence-corrected chi connectivity index (χ4v) is 7.41. The second kappa shape index (κ2) is 11.1. The molecule has 4 aromatic rings. The van der Waals surface area contributed by atoms with Crippen LogP contribution in [0.2, 0.25) is 5.02 Å². The van der Waals surface area contributed by atoms with Crippen LogP contribution in [0.25, 0.3) is 10.1 Å². The summed E-state index contributed by atoms with van der Waals surface area (Å²) in [5.74, 6) is -0.901. The standard InChI is InChI=1S/C23H18ClFN3O6PS2/c24-20-12-19(33-9-8-28-6-2-1-3-7-28)10-17-11-22(36-23(17)20)37(31,32)27-15-35(29,30)34-18-5-4-16(14-26)21(25)13-18/h1-7,10-13,27H,8-9,15H2. The maximum atomic E-state index is 13.7. The summed E-state index contributed by atoms with van der Waals surface area (Å²) in [6, 6.07) is 14.7. The number of sulfonamides is 1. The summed E-state index contributed by atoms with van der Waals surface area (Å²) >= 11 is 7.21. The molecule has 0 saturated heterocycles. The van der Waals surface area contributed by atoms with Crippen molar-refractivity contribution in [2.45, 2.75) is 10.8 Å². The van der Waals surface area contributed by atoms with E-state index in [2.05, 4.69) is 0 Å². The first kappa shape index (κ1) is 27.0. The van der Waals surface area contributed by atoms with E-state index in [-0.39, 0.29) is 20.5 Å². The van der Waals surface area contributed by atoms with E-state index < -0.39 is 29.7 Å². The van der Waals surface area contributed by atoms with Gasteiger partial charge in [-0.25, -0.2) is 22.1 Å². The van der Waals surface area contributed by atoms with Gasteiger partial charge in [-0.2, -0.15) is 5.26 Å². The third-order valence-corrected chi connectivity index (χ3v) is 9.65. The number of rotatable bonds is 10. The molecule has 37 heavy (non-hydrogen) atoms. The molecule has 192 valence electrons. The maximum Gasteiger partial charge on any atom is 0.250 e. The number of hydrogen-bond acceptors (Lipinski definition) is 8. The van der Waals surface area contributed by atoms with E-state index in [0.29, 0.717) is 29.0 Å². The summed E-state index contributed by atoms with van der Waals surface area (Å²) in [5.41, 5.74) is -0.291. The van der Waals surface area contributed by atoms with Gasteiger partial charge in [0.2, 0.25) is 0 Å². The molecule has 0 amide bonds. The van der Waals surface area contributed by atoms with Gasteiger partial charge in [-0.1, -0.05) is 17.7 Å². The Morgan fingerprint density at radius 1 is 1.16 bits per heavy atom. The largest absolute Gasteiger partial charge is 0.768 e. The summed E-state index contributed by atoms with van der Waals surface area (Å²) in [6.45, 7) is 0.950. The minimum Gasteiger partial charge on any atom is -0.768 e. The molecule has 1 unspecified atom stereocenters. The molecular weight excluding hydrogens is 564 g/mol. The number of nitrogens with one attached hydrogen (secondary N) is 1. The average molecular weight is 582 g/mol. The first-order valence-corrected chi connectivity index (χ1v) is 15.0. The first-order chi connectivity index (χ1) is 17.6. The molecule has 1 N–H and O–H groups in total. The fraction of sp³-hybridized carbons (Fsp3) is 0.130. The Kier molecular flexibility index (Phi) is 8.14. The van der Waals surface area contributed by atoms with Crippen LogP contribution in [0.4, 0.5) is 4.39 Å². The topological polar surface area (TPSA) is 132 Å². The van der Waals surface area contributed by atoms with E-state index in [1.165, 1.54) is 6.07 Å². The molecule has 2 heterocycles. The van der Waals surface area contributed by atoms with E-state index in [1.54, 1.807) is 18.2 Å². The molecule has 4 rings (SSSR count). The molecule has 2 aromatic heterocycles. The predicted octanol–water partition coefficient (Wildman–Crippen LogP) is 3.80. The number of pyridine rings is 1. The second-order valence-electron chi connectivity index (χ2n) is 7.61. The number of hydrogen-bond donors (Lipinski definition) is 1. The lowest BCUT2D eigenvalue weighted by Crippen LogP contribution is -2.35. The number of aromatic nitrogens is 1. The third kappa shape index (κ3) is 6.84. The van der Waals surface area contributed by atoms with Crippen molar-refractivity contribution in [2.24, 2.45) is 0 Å². The molecule has 0 radical (unpaired) electrons. The van der Waals surface area contributed by atoms with Gasteiger partial charge < -0.3 is 14.2 Å². The summed E-state index contributed by atoms with van der Waals surface area (Å²) in [6.07, 6.45) is 2.72. The lowest BCUT2D eigenvalue weighted by molar-refractivity contribution is -0.697. The van der Waals surface area contributed by atoms with Gasteiger partial charge >= 0.3 is 0 Å². The SMILES string of the molecule is N#Cc1ccc(OP(=O)([O-])CNS(=O)(=O)c2cc3cc(OCC[n+]4ccccc4)cc(Cl)c3s2)cc1F. The highest BCUT2D eigenvalue weighted by Crippen LogP contribution is 2.40. The zero-order valence-corrected chi connectivity index (χ0v) is 22.1. The molecule has 0 spiro atoms. The Morgan fingerprint density at radius 2 is 1.92 bits per heavy atom.